The molecule has 0 aliphatic carbocycles. The highest BCUT2D eigenvalue weighted by Crippen LogP contribution is 2.25. The molecular formula is C8H9F2N3O4S. The maximum Gasteiger partial charge on any atom is 0.289 e. The fourth-order valence-electron chi connectivity index (χ4n) is 1.15. The van der Waals surface area contributed by atoms with Crippen LogP contribution in [0, 0.1) is 10.1 Å². The first-order chi connectivity index (χ1) is 8.24. The van der Waals surface area contributed by atoms with E-state index >= 15 is 0 Å². The van der Waals surface area contributed by atoms with E-state index in [1.54, 1.807) is 4.72 Å². The number of halogens is 2. The SMILES string of the molecule is Nc1ccc([N+](=O)[O-])c(S(=O)(=O)NCC(F)F)c1. The van der Waals surface area contributed by atoms with Gasteiger partial charge in [0.2, 0.25) is 10.0 Å². The number of nitrogens with zero attached hydrogens (tertiary/aromatic N) is 1. The van der Waals surface area contributed by atoms with Crippen molar-refractivity contribution < 1.29 is 22.1 Å². The number of nitro groups is 1. The van der Waals surface area contributed by atoms with E-state index in [0.717, 1.165) is 18.2 Å². The third-order valence-corrected chi connectivity index (χ3v) is 3.35. The highest BCUT2D eigenvalue weighted by atomic mass is 32.2. The van der Waals surface area contributed by atoms with Crippen LogP contribution in [0.1, 0.15) is 0 Å². The number of anilines is 1. The lowest BCUT2D eigenvalue weighted by Crippen LogP contribution is -2.29. The van der Waals surface area contributed by atoms with Crippen molar-refractivity contribution in [3.63, 3.8) is 0 Å². The monoisotopic (exact) mass is 281 g/mol. The Hall–Kier alpha value is -1.81. The molecule has 18 heavy (non-hydrogen) atoms. The summed E-state index contributed by atoms with van der Waals surface area (Å²) in [4.78, 5) is 8.97. The molecule has 0 aliphatic heterocycles. The number of sulfonamides is 1. The summed E-state index contributed by atoms with van der Waals surface area (Å²) in [6.45, 7) is -1.13. The molecule has 10 heteroatoms. The van der Waals surface area contributed by atoms with Gasteiger partial charge in [0.1, 0.15) is 0 Å². The third-order valence-electron chi connectivity index (χ3n) is 1.90. The summed E-state index contributed by atoms with van der Waals surface area (Å²) in [5.41, 5.74) is 4.56. The van der Waals surface area contributed by atoms with Crippen molar-refractivity contribution in [1.29, 1.82) is 0 Å². The molecule has 0 unspecified atom stereocenters. The zero-order valence-corrected chi connectivity index (χ0v) is 9.65. The smallest absolute Gasteiger partial charge is 0.289 e. The summed E-state index contributed by atoms with van der Waals surface area (Å²) in [7, 11) is -4.41. The lowest BCUT2D eigenvalue weighted by Gasteiger charge is -2.07. The highest BCUT2D eigenvalue weighted by molar-refractivity contribution is 7.89. The molecule has 0 radical (unpaired) electrons. The average molecular weight is 281 g/mol. The average Bonchev–Trinajstić information content (AvgIpc) is 2.26. The van der Waals surface area contributed by atoms with Crippen LogP contribution in [-0.2, 0) is 10.0 Å². The second-order valence-corrected chi connectivity index (χ2v) is 4.96. The number of nitrogen functional groups attached to an aromatic ring is 1. The number of alkyl halides is 2. The Morgan fingerprint density at radius 1 is 1.44 bits per heavy atom. The molecule has 0 aromatic heterocycles. The van der Waals surface area contributed by atoms with Crippen LogP contribution in [0.3, 0.4) is 0 Å². The van der Waals surface area contributed by atoms with Crippen LogP contribution in [0.2, 0.25) is 0 Å². The van der Waals surface area contributed by atoms with Crippen LogP contribution in [0.4, 0.5) is 20.2 Å². The predicted octanol–water partition coefficient (Wildman–Crippen LogP) is 0.720. The van der Waals surface area contributed by atoms with Gasteiger partial charge in [-0.15, -0.1) is 0 Å². The van der Waals surface area contributed by atoms with Crippen LogP contribution in [0.5, 0.6) is 0 Å². The molecule has 0 saturated carbocycles. The number of benzene rings is 1. The minimum absolute atomic E-state index is 0.0296. The van der Waals surface area contributed by atoms with E-state index in [9.17, 15) is 27.3 Å². The second kappa shape index (κ2) is 5.23. The normalized spacial score (nSPS) is 11.7. The van der Waals surface area contributed by atoms with Gasteiger partial charge in [0, 0.05) is 11.8 Å². The molecule has 1 aromatic carbocycles. The van der Waals surface area contributed by atoms with Gasteiger partial charge in [0.25, 0.3) is 12.1 Å². The first-order valence-corrected chi connectivity index (χ1v) is 6.04. The zero-order valence-electron chi connectivity index (χ0n) is 8.84. The summed E-state index contributed by atoms with van der Waals surface area (Å²) >= 11 is 0. The van der Waals surface area contributed by atoms with Crippen LogP contribution in [-0.4, -0.2) is 26.3 Å². The van der Waals surface area contributed by atoms with E-state index in [0.29, 0.717) is 0 Å². The summed E-state index contributed by atoms with van der Waals surface area (Å²) in [5.74, 6) is 0. The van der Waals surface area contributed by atoms with Crippen molar-refractivity contribution in [2.24, 2.45) is 0 Å². The summed E-state index contributed by atoms with van der Waals surface area (Å²) in [6, 6.07) is 2.88. The van der Waals surface area contributed by atoms with Crippen molar-refractivity contribution in [3.8, 4) is 0 Å². The van der Waals surface area contributed by atoms with Gasteiger partial charge in [0.15, 0.2) is 4.90 Å². The van der Waals surface area contributed by atoms with Crippen molar-refractivity contribution >= 4 is 21.4 Å². The molecule has 0 aliphatic rings. The minimum atomic E-state index is -4.41. The number of nitro benzene ring substituents is 1. The van der Waals surface area contributed by atoms with Gasteiger partial charge in [-0.1, -0.05) is 0 Å². The molecule has 1 aromatic rings. The molecule has 0 amide bonds. The van der Waals surface area contributed by atoms with E-state index in [1.165, 1.54) is 0 Å². The Labute approximate surface area is 101 Å². The molecule has 0 saturated heterocycles. The number of nitrogens with two attached hydrogens (primary N) is 1. The Morgan fingerprint density at radius 3 is 2.56 bits per heavy atom. The number of nitrogens with one attached hydrogen (secondary N) is 1. The highest BCUT2D eigenvalue weighted by Gasteiger charge is 2.26. The number of hydrogen-bond acceptors (Lipinski definition) is 5. The van der Waals surface area contributed by atoms with Crippen LogP contribution in [0.15, 0.2) is 23.1 Å². The van der Waals surface area contributed by atoms with Crippen molar-refractivity contribution in [2.45, 2.75) is 11.3 Å². The first kappa shape index (κ1) is 14.3. The lowest BCUT2D eigenvalue weighted by molar-refractivity contribution is -0.387. The number of rotatable bonds is 5. The van der Waals surface area contributed by atoms with Crippen molar-refractivity contribution in [1.82, 2.24) is 4.72 Å². The Kier molecular flexibility index (Phi) is 4.14. The largest absolute Gasteiger partial charge is 0.399 e. The maximum absolute atomic E-state index is 11.9. The Morgan fingerprint density at radius 2 is 2.06 bits per heavy atom. The summed E-state index contributed by atoms with van der Waals surface area (Å²) in [6.07, 6.45) is -2.90. The molecule has 100 valence electrons. The standard InChI is InChI=1S/C8H9F2N3O4S/c9-8(10)4-12-18(16,17)7-3-5(11)1-2-6(7)13(14)15/h1-3,8,12H,4,11H2. The van der Waals surface area contributed by atoms with Crippen molar-refractivity contribution in [3.05, 3.63) is 28.3 Å². The van der Waals surface area contributed by atoms with E-state index in [2.05, 4.69) is 0 Å². The molecular weight excluding hydrogens is 272 g/mol. The van der Waals surface area contributed by atoms with Gasteiger partial charge < -0.3 is 5.73 Å². The quantitative estimate of drug-likeness (QED) is 0.468. The third kappa shape index (κ3) is 3.34. The van der Waals surface area contributed by atoms with Crippen LogP contribution < -0.4 is 10.5 Å². The van der Waals surface area contributed by atoms with Gasteiger partial charge >= 0.3 is 0 Å². The first-order valence-electron chi connectivity index (χ1n) is 4.56. The van der Waals surface area contributed by atoms with Gasteiger partial charge in [-0.2, -0.15) is 0 Å². The molecule has 0 heterocycles. The predicted molar refractivity (Wildman–Crippen MR) is 58.7 cm³/mol. The fraction of sp³-hybridized carbons (Fsp3) is 0.250. The van der Waals surface area contributed by atoms with Gasteiger partial charge in [-0.05, 0) is 12.1 Å². The van der Waals surface area contributed by atoms with E-state index in [-0.39, 0.29) is 5.69 Å². The summed E-state index contributed by atoms with van der Waals surface area (Å²) < 4.78 is 48.6. The lowest BCUT2D eigenvalue weighted by atomic mass is 10.3. The van der Waals surface area contributed by atoms with Crippen LogP contribution >= 0.6 is 0 Å². The second-order valence-electron chi connectivity index (χ2n) is 3.23. The zero-order chi connectivity index (χ0) is 13.9. The van der Waals surface area contributed by atoms with Gasteiger partial charge in [0.05, 0.1) is 11.5 Å². The van der Waals surface area contributed by atoms with Crippen molar-refractivity contribution in [2.75, 3.05) is 12.3 Å². The molecule has 3 N–H and O–H groups in total. The van der Waals surface area contributed by atoms with Gasteiger partial charge in [-0.25, -0.2) is 21.9 Å². The van der Waals surface area contributed by atoms with Crippen LogP contribution in [0.25, 0.3) is 0 Å². The summed E-state index contributed by atoms with van der Waals surface area (Å²) in [5, 5.41) is 10.6. The van der Waals surface area contributed by atoms with E-state index in [1.807, 2.05) is 0 Å². The molecule has 1 rings (SSSR count). The topological polar surface area (TPSA) is 115 Å². The maximum atomic E-state index is 11.9. The minimum Gasteiger partial charge on any atom is -0.399 e. The van der Waals surface area contributed by atoms with E-state index < -0.39 is 38.5 Å². The van der Waals surface area contributed by atoms with E-state index in [4.69, 9.17) is 5.73 Å². The molecule has 0 atom stereocenters. The van der Waals surface area contributed by atoms with Gasteiger partial charge in [-0.3, -0.25) is 10.1 Å². The Bertz CT molecular complexity index is 561. The fourth-order valence-corrected chi connectivity index (χ4v) is 2.36. The molecule has 0 spiro atoms. The molecule has 0 bridgehead atoms. The molecule has 0 fully saturated rings. The number of hydrogen-bond donors (Lipinski definition) is 2. The molecule has 7 nitrogen and oxygen atoms in total. The Balaban J connectivity index is 3.22.